The summed E-state index contributed by atoms with van der Waals surface area (Å²) in [5, 5.41) is 9.71. The molecule has 94 valence electrons. The van der Waals surface area contributed by atoms with Gasteiger partial charge in [0, 0.05) is 0 Å². The molecular formula is C12H23NO3. The first-order chi connectivity index (χ1) is 7.39. The number of aliphatic hydroxyl groups excluding tert-OH is 1. The maximum Gasteiger partial charge on any atom is 0.405 e. The molecule has 2 atom stereocenters. The first kappa shape index (κ1) is 13.3. The Morgan fingerprint density at radius 2 is 2.06 bits per heavy atom. The summed E-state index contributed by atoms with van der Waals surface area (Å²) in [6, 6.07) is 0. The first-order valence-electron chi connectivity index (χ1n) is 6.05. The minimum Gasteiger partial charge on any atom is -0.444 e. The van der Waals surface area contributed by atoms with E-state index < -0.39 is 11.7 Å². The predicted octanol–water partition coefficient (Wildman–Crippen LogP) is 2.19. The van der Waals surface area contributed by atoms with Crippen LogP contribution < -0.4 is 5.73 Å². The molecule has 0 aliphatic heterocycles. The number of carbonyl (C=O) groups is 1. The molecule has 0 heterocycles. The molecule has 4 heteroatoms. The zero-order valence-electron chi connectivity index (χ0n) is 10.2. The van der Waals surface area contributed by atoms with Gasteiger partial charge in [0.1, 0.15) is 5.60 Å². The Kier molecular flexibility index (Phi) is 4.59. The number of rotatable bonds is 3. The van der Waals surface area contributed by atoms with Crippen LogP contribution in [0.2, 0.25) is 0 Å². The van der Waals surface area contributed by atoms with Crippen LogP contribution in [0.25, 0.3) is 0 Å². The Hall–Kier alpha value is -0.770. The Labute approximate surface area is 97.2 Å². The summed E-state index contributed by atoms with van der Waals surface area (Å²) in [5.41, 5.74) is 4.50. The molecule has 1 amide bonds. The van der Waals surface area contributed by atoms with Gasteiger partial charge in [-0.1, -0.05) is 19.3 Å². The largest absolute Gasteiger partial charge is 0.444 e. The van der Waals surface area contributed by atoms with Crippen LogP contribution >= 0.6 is 0 Å². The maximum atomic E-state index is 10.7. The van der Waals surface area contributed by atoms with E-state index in [1.807, 2.05) is 13.8 Å². The molecule has 1 aliphatic carbocycles. The summed E-state index contributed by atoms with van der Waals surface area (Å²) >= 11 is 0. The molecular weight excluding hydrogens is 206 g/mol. The van der Waals surface area contributed by atoms with E-state index in [-0.39, 0.29) is 6.10 Å². The van der Waals surface area contributed by atoms with Crippen molar-refractivity contribution in [2.45, 2.75) is 64.1 Å². The molecule has 3 N–H and O–H groups in total. The normalized spacial score (nSPS) is 27.2. The van der Waals surface area contributed by atoms with Crippen molar-refractivity contribution in [2.24, 2.45) is 11.7 Å². The highest BCUT2D eigenvalue weighted by Gasteiger charge is 2.28. The lowest BCUT2D eigenvalue weighted by Gasteiger charge is -2.29. The third kappa shape index (κ3) is 4.84. The first-order valence-corrected chi connectivity index (χ1v) is 6.05. The number of hydrogen-bond acceptors (Lipinski definition) is 3. The Morgan fingerprint density at radius 1 is 1.44 bits per heavy atom. The van der Waals surface area contributed by atoms with Crippen molar-refractivity contribution >= 4 is 6.09 Å². The number of primary amides is 1. The lowest BCUT2D eigenvalue weighted by Crippen LogP contribution is -2.33. The summed E-state index contributed by atoms with van der Waals surface area (Å²) in [6.45, 7) is 3.74. The second-order valence-corrected chi connectivity index (χ2v) is 5.42. The van der Waals surface area contributed by atoms with Crippen molar-refractivity contribution in [2.75, 3.05) is 0 Å². The molecule has 4 nitrogen and oxygen atoms in total. The molecule has 0 unspecified atom stereocenters. The van der Waals surface area contributed by atoms with Crippen molar-refractivity contribution in [3.63, 3.8) is 0 Å². The van der Waals surface area contributed by atoms with E-state index in [1.54, 1.807) is 0 Å². The average Bonchev–Trinajstić information content (AvgIpc) is 2.26. The van der Waals surface area contributed by atoms with Gasteiger partial charge in [0.2, 0.25) is 0 Å². The fourth-order valence-corrected chi connectivity index (χ4v) is 2.63. The molecule has 0 aromatic rings. The van der Waals surface area contributed by atoms with Crippen LogP contribution in [-0.2, 0) is 4.74 Å². The number of ether oxygens (including phenoxy) is 1. The van der Waals surface area contributed by atoms with Gasteiger partial charge < -0.3 is 15.6 Å². The van der Waals surface area contributed by atoms with Gasteiger partial charge in [0.05, 0.1) is 6.10 Å². The van der Waals surface area contributed by atoms with Crippen molar-refractivity contribution in [1.29, 1.82) is 0 Å². The smallest absolute Gasteiger partial charge is 0.405 e. The van der Waals surface area contributed by atoms with Crippen LogP contribution in [0.5, 0.6) is 0 Å². The fraction of sp³-hybridized carbons (Fsp3) is 0.917. The zero-order chi connectivity index (χ0) is 12.2. The van der Waals surface area contributed by atoms with E-state index in [9.17, 15) is 9.90 Å². The van der Waals surface area contributed by atoms with E-state index in [4.69, 9.17) is 10.5 Å². The van der Waals surface area contributed by atoms with Gasteiger partial charge >= 0.3 is 6.09 Å². The van der Waals surface area contributed by atoms with Gasteiger partial charge in [-0.05, 0) is 39.0 Å². The third-order valence-electron chi connectivity index (χ3n) is 3.16. The highest BCUT2D eigenvalue weighted by atomic mass is 16.6. The van der Waals surface area contributed by atoms with E-state index >= 15 is 0 Å². The number of carbonyl (C=O) groups excluding carboxylic acids is 1. The number of hydrogen-bond donors (Lipinski definition) is 2. The van der Waals surface area contributed by atoms with Gasteiger partial charge in [0.15, 0.2) is 0 Å². The molecule has 1 aliphatic rings. The number of amides is 1. The fourth-order valence-electron chi connectivity index (χ4n) is 2.63. The van der Waals surface area contributed by atoms with Gasteiger partial charge in [-0.3, -0.25) is 0 Å². The molecule has 1 rings (SSSR count). The molecule has 0 spiro atoms. The average molecular weight is 229 g/mol. The third-order valence-corrected chi connectivity index (χ3v) is 3.16. The van der Waals surface area contributed by atoms with Crippen molar-refractivity contribution in [1.82, 2.24) is 0 Å². The predicted molar refractivity (Wildman–Crippen MR) is 61.9 cm³/mol. The highest BCUT2D eigenvalue weighted by molar-refractivity contribution is 5.65. The van der Waals surface area contributed by atoms with Gasteiger partial charge in [0.25, 0.3) is 0 Å². The van der Waals surface area contributed by atoms with Crippen molar-refractivity contribution in [3.8, 4) is 0 Å². The monoisotopic (exact) mass is 229 g/mol. The van der Waals surface area contributed by atoms with E-state index in [1.165, 1.54) is 0 Å². The van der Waals surface area contributed by atoms with Crippen LogP contribution in [0, 0.1) is 5.92 Å². The molecule has 0 aromatic carbocycles. The minimum absolute atomic E-state index is 0.197. The summed E-state index contributed by atoms with van der Waals surface area (Å²) in [6.07, 6.45) is 4.90. The topological polar surface area (TPSA) is 72.6 Å². The maximum absolute atomic E-state index is 10.7. The van der Waals surface area contributed by atoms with E-state index in [2.05, 4.69) is 0 Å². The summed E-state index contributed by atoms with van der Waals surface area (Å²) in [5.74, 6) is 0.423. The van der Waals surface area contributed by atoms with E-state index in [0.717, 1.165) is 38.5 Å². The highest BCUT2D eigenvalue weighted by Crippen LogP contribution is 2.31. The summed E-state index contributed by atoms with van der Waals surface area (Å²) < 4.78 is 5.07. The van der Waals surface area contributed by atoms with Gasteiger partial charge in [-0.15, -0.1) is 0 Å². The lowest BCUT2D eigenvalue weighted by atomic mass is 9.87. The van der Waals surface area contributed by atoms with Crippen molar-refractivity contribution in [3.05, 3.63) is 0 Å². The molecule has 0 aromatic heterocycles. The molecule has 16 heavy (non-hydrogen) atoms. The quantitative estimate of drug-likeness (QED) is 0.729. The number of aliphatic hydroxyl groups is 1. The Balaban J connectivity index is 2.47. The molecule has 0 radical (unpaired) electrons. The standard InChI is InChI=1S/C12H23NO3/c1-12(2,16-11(13)15)8-9-5-3-4-6-10(14)7-9/h9-10,14H,3-8H2,1-2H3,(H2,13,15)/t9-,10-/m1/s1. The minimum atomic E-state index is -0.723. The lowest BCUT2D eigenvalue weighted by molar-refractivity contribution is 0.0194. The SMILES string of the molecule is CC(C)(C[C@@H]1CCCC[C@@H](O)C1)OC(N)=O. The molecule has 1 saturated carbocycles. The molecule has 0 bridgehead atoms. The van der Waals surface area contributed by atoms with Gasteiger partial charge in [-0.2, -0.15) is 0 Å². The second-order valence-electron chi connectivity index (χ2n) is 5.42. The Bertz CT molecular complexity index is 240. The van der Waals surface area contributed by atoms with Crippen molar-refractivity contribution < 1.29 is 14.6 Å². The summed E-state index contributed by atoms with van der Waals surface area (Å²) in [7, 11) is 0. The van der Waals surface area contributed by atoms with Crippen LogP contribution in [0.4, 0.5) is 4.79 Å². The zero-order valence-corrected chi connectivity index (χ0v) is 10.2. The van der Waals surface area contributed by atoms with E-state index in [0.29, 0.717) is 5.92 Å². The van der Waals surface area contributed by atoms with Crippen LogP contribution in [0.15, 0.2) is 0 Å². The Morgan fingerprint density at radius 3 is 2.69 bits per heavy atom. The van der Waals surface area contributed by atoms with Crippen LogP contribution in [0.1, 0.15) is 52.4 Å². The second kappa shape index (κ2) is 5.53. The van der Waals surface area contributed by atoms with Gasteiger partial charge in [-0.25, -0.2) is 4.79 Å². The molecule has 0 saturated heterocycles. The molecule has 1 fully saturated rings. The van der Waals surface area contributed by atoms with Crippen LogP contribution in [-0.4, -0.2) is 22.9 Å². The number of nitrogens with two attached hydrogens (primary N) is 1. The summed E-state index contributed by atoms with van der Waals surface area (Å²) in [4.78, 5) is 10.7. The van der Waals surface area contributed by atoms with Crippen LogP contribution in [0.3, 0.4) is 0 Å².